The SMILES string of the molecule is CCN(CC(=O)NC(C)C)C(=O)Cn1cnc2cc(Cl)ccc2c1=O. The average molecular weight is 365 g/mol. The molecule has 0 saturated heterocycles. The Bertz CT molecular complexity index is 847. The number of carbonyl (C=O) groups is 2. The van der Waals surface area contributed by atoms with E-state index in [1.807, 2.05) is 13.8 Å². The monoisotopic (exact) mass is 364 g/mol. The molecule has 0 aliphatic carbocycles. The number of nitrogens with one attached hydrogen (secondary N) is 1. The molecule has 2 aromatic rings. The zero-order valence-corrected chi connectivity index (χ0v) is 15.2. The zero-order valence-electron chi connectivity index (χ0n) is 14.5. The van der Waals surface area contributed by atoms with Crippen LogP contribution in [0.3, 0.4) is 0 Å². The van der Waals surface area contributed by atoms with Gasteiger partial charge in [0.2, 0.25) is 11.8 Å². The molecule has 1 aromatic heterocycles. The second-order valence-corrected chi connectivity index (χ2v) is 6.41. The number of carbonyl (C=O) groups excluding carboxylic acids is 2. The third kappa shape index (κ3) is 4.79. The molecular weight excluding hydrogens is 344 g/mol. The van der Waals surface area contributed by atoms with Crippen LogP contribution >= 0.6 is 11.6 Å². The predicted octanol–water partition coefficient (Wildman–Crippen LogP) is 1.42. The van der Waals surface area contributed by atoms with Crippen LogP contribution in [0.15, 0.2) is 29.3 Å². The topological polar surface area (TPSA) is 84.3 Å². The molecule has 0 saturated carbocycles. The maximum Gasteiger partial charge on any atom is 0.261 e. The van der Waals surface area contributed by atoms with Crippen LogP contribution in [0.5, 0.6) is 0 Å². The molecule has 2 rings (SSSR count). The van der Waals surface area contributed by atoms with Crippen molar-refractivity contribution in [1.82, 2.24) is 19.8 Å². The van der Waals surface area contributed by atoms with Crippen LogP contribution in [0.1, 0.15) is 20.8 Å². The first-order valence-corrected chi connectivity index (χ1v) is 8.41. The molecule has 0 fully saturated rings. The van der Waals surface area contributed by atoms with E-state index in [0.29, 0.717) is 22.5 Å². The van der Waals surface area contributed by atoms with Crippen molar-refractivity contribution in [2.75, 3.05) is 13.1 Å². The summed E-state index contributed by atoms with van der Waals surface area (Å²) in [6.07, 6.45) is 1.32. The van der Waals surface area contributed by atoms with Gasteiger partial charge in [0.15, 0.2) is 0 Å². The molecule has 1 N–H and O–H groups in total. The second kappa shape index (κ2) is 8.11. The lowest BCUT2D eigenvalue weighted by molar-refractivity contribution is -0.136. The van der Waals surface area contributed by atoms with Gasteiger partial charge in [-0.3, -0.25) is 19.0 Å². The highest BCUT2D eigenvalue weighted by molar-refractivity contribution is 6.31. The molecule has 7 nitrogen and oxygen atoms in total. The van der Waals surface area contributed by atoms with Gasteiger partial charge in [-0.25, -0.2) is 4.98 Å². The molecule has 0 atom stereocenters. The molecule has 25 heavy (non-hydrogen) atoms. The number of halogens is 1. The van der Waals surface area contributed by atoms with E-state index < -0.39 is 0 Å². The normalized spacial score (nSPS) is 10.9. The van der Waals surface area contributed by atoms with E-state index in [0.717, 1.165) is 0 Å². The number of hydrogen-bond acceptors (Lipinski definition) is 4. The van der Waals surface area contributed by atoms with Crippen molar-refractivity contribution in [1.29, 1.82) is 0 Å². The Morgan fingerprint density at radius 3 is 2.72 bits per heavy atom. The summed E-state index contributed by atoms with van der Waals surface area (Å²) in [6, 6.07) is 4.79. The van der Waals surface area contributed by atoms with Gasteiger partial charge in [-0.15, -0.1) is 0 Å². The van der Waals surface area contributed by atoms with Crippen molar-refractivity contribution in [3.63, 3.8) is 0 Å². The van der Waals surface area contributed by atoms with Crippen molar-refractivity contribution >= 4 is 34.3 Å². The van der Waals surface area contributed by atoms with Crippen LogP contribution < -0.4 is 10.9 Å². The van der Waals surface area contributed by atoms with E-state index in [1.165, 1.54) is 15.8 Å². The summed E-state index contributed by atoms with van der Waals surface area (Å²) in [4.78, 5) is 42.4. The van der Waals surface area contributed by atoms with E-state index in [-0.39, 0.29) is 36.5 Å². The number of aromatic nitrogens is 2. The predicted molar refractivity (Wildman–Crippen MR) is 96.5 cm³/mol. The zero-order chi connectivity index (χ0) is 18.6. The summed E-state index contributed by atoms with van der Waals surface area (Å²) in [5.41, 5.74) is 0.155. The molecule has 8 heteroatoms. The number of hydrogen-bond donors (Lipinski definition) is 1. The summed E-state index contributed by atoms with van der Waals surface area (Å²) in [7, 11) is 0. The smallest absolute Gasteiger partial charge is 0.261 e. The summed E-state index contributed by atoms with van der Waals surface area (Å²) in [6.45, 7) is 5.64. The molecule has 2 amide bonds. The molecule has 1 aromatic carbocycles. The van der Waals surface area contributed by atoms with E-state index in [1.54, 1.807) is 25.1 Å². The van der Waals surface area contributed by atoms with Crippen molar-refractivity contribution in [2.45, 2.75) is 33.4 Å². The Balaban J connectivity index is 2.17. The average Bonchev–Trinajstić information content (AvgIpc) is 2.54. The summed E-state index contributed by atoms with van der Waals surface area (Å²) in [5.74, 6) is -0.553. The highest BCUT2D eigenvalue weighted by atomic mass is 35.5. The molecular formula is C17H21ClN4O3. The minimum atomic E-state index is -0.322. The molecule has 0 spiro atoms. The van der Waals surface area contributed by atoms with Crippen LogP contribution in [-0.2, 0) is 16.1 Å². The summed E-state index contributed by atoms with van der Waals surface area (Å²) >= 11 is 5.89. The van der Waals surface area contributed by atoms with Crippen molar-refractivity contribution in [3.05, 3.63) is 39.9 Å². The molecule has 0 aliphatic heterocycles. The maximum atomic E-state index is 12.5. The fourth-order valence-electron chi connectivity index (χ4n) is 2.41. The van der Waals surface area contributed by atoms with Gasteiger partial charge in [0.25, 0.3) is 5.56 Å². The Labute approximate surface area is 150 Å². The van der Waals surface area contributed by atoms with Crippen molar-refractivity contribution in [3.8, 4) is 0 Å². The number of likely N-dealkylation sites (N-methyl/N-ethyl adjacent to an activating group) is 1. The van der Waals surface area contributed by atoms with Crippen molar-refractivity contribution < 1.29 is 9.59 Å². The van der Waals surface area contributed by atoms with Crippen molar-refractivity contribution in [2.24, 2.45) is 0 Å². The molecule has 134 valence electrons. The van der Waals surface area contributed by atoms with Crippen LogP contribution in [0.2, 0.25) is 5.02 Å². The largest absolute Gasteiger partial charge is 0.352 e. The third-order valence-electron chi connectivity index (χ3n) is 3.61. The Kier molecular flexibility index (Phi) is 6.14. The van der Waals surface area contributed by atoms with Crippen LogP contribution in [0.4, 0.5) is 0 Å². The third-order valence-corrected chi connectivity index (χ3v) is 3.85. The highest BCUT2D eigenvalue weighted by Gasteiger charge is 2.17. The fraction of sp³-hybridized carbons (Fsp3) is 0.412. The van der Waals surface area contributed by atoms with E-state index in [4.69, 9.17) is 11.6 Å². The number of benzene rings is 1. The van der Waals surface area contributed by atoms with E-state index in [9.17, 15) is 14.4 Å². The lowest BCUT2D eigenvalue weighted by Crippen LogP contribution is -2.44. The molecule has 1 heterocycles. The molecule has 0 unspecified atom stereocenters. The van der Waals surface area contributed by atoms with Gasteiger partial charge in [0, 0.05) is 17.6 Å². The lowest BCUT2D eigenvalue weighted by atomic mass is 10.2. The minimum absolute atomic E-state index is 0.000407. The van der Waals surface area contributed by atoms with Gasteiger partial charge in [-0.2, -0.15) is 0 Å². The minimum Gasteiger partial charge on any atom is -0.352 e. The fourth-order valence-corrected chi connectivity index (χ4v) is 2.57. The standard InChI is InChI=1S/C17H21ClN4O3/c1-4-21(8-15(23)20-11(2)3)16(24)9-22-10-19-14-7-12(18)5-6-13(14)17(22)25/h5-7,10-11H,4,8-9H2,1-3H3,(H,20,23). The quantitative estimate of drug-likeness (QED) is 0.840. The van der Waals surface area contributed by atoms with Gasteiger partial charge >= 0.3 is 0 Å². The highest BCUT2D eigenvalue weighted by Crippen LogP contribution is 2.14. The van der Waals surface area contributed by atoms with E-state index in [2.05, 4.69) is 10.3 Å². The molecule has 0 aliphatic rings. The van der Waals surface area contributed by atoms with Crippen LogP contribution in [0, 0.1) is 0 Å². The number of rotatable bonds is 6. The van der Waals surface area contributed by atoms with Crippen LogP contribution in [-0.4, -0.2) is 45.4 Å². The summed E-state index contributed by atoms with van der Waals surface area (Å²) in [5, 5.41) is 3.62. The first-order chi connectivity index (χ1) is 11.8. The second-order valence-electron chi connectivity index (χ2n) is 5.97. The number of fused-ring (bicyclic) bond motifs is 1. The first kappa shape index (κ1) is 18.9. The van der Waals surface area contributed by atoms with E-state index >= 15 is 0 Å². The van der Waals surface area contributed by atoms with Gasteiger partial charge < -0.3 is 10.2 Å². The first-order valence-electron chi connectivity index (χ1n) is 8.03. The molecule has 0 radical (unpaired) electrons. The number of nitrogens with zero attached hydrogens (tertiary/aromatic N) is 3. The van der Waals surface area contributed by atoms with Gasteiger partial charge in [-0.1, -0.05) is 11.6 Å². The number of amides is 2. The van der Waals surface area contributed by atoms with Crippen LogP contribution in [0.25, 0.3) is 10.9 Å². The van der Waals surface area contributed by atoms with Gasteiger partial charge in [-0.05, 0) is 39.0 Å². The summed E-state index contributed by atoms with van der Waals surface area (Å²) < 4.78 is 1.24. The van der Waals surface area contributed by atoms with Gasteiger partial charge in [0.1, 0.15) is 6.54 Å². The molecule has 0 bridgehead atoms. The Morgan fingerprint density at radius 1 is 1.36 bits per heavy atom. The van der Waals surface area contributed by atoms with Gasteiger partial charge in [0.05, 0.1) is 23.8 Å². The Hall–Kier alpha value is -2.41. The maximum absolute atomic E-state index is 12.5. The lowest BCUT2D eigenvalue weighted by Gasteiger charge is -2.21. The Morgan fingerprint density at radius 2 is 2.08 bits per heavy atom.